The summed E-state index contributed by atoms with van der Waals surface area (Å²) in [5.41, 5.74) is 1.41. The van der Waals surface area contributed by atoms with Gasteiger partial charge in [-0.2, -0.15) is 0 Å². The van der Waals surface area contributed by atoms with Crippen molar-refractivity contribution in [1.82, 2.24) is 4.72 Å². The summed E-state index contributed by atoms with van der Waals surface area (Å²) in [6.07, 6.45) is 6.18. The Bertz CT molecular complexity index is 712. The maximum Gasteiger partial charge on any atom is 0.227 e. The summed E-state index contributed by atoms with van der Waals surface area (Å²) in [7, 11) is -3.36. The summed E-state index contributed by atoms with van der Waals surface area (Å²) in [5.74, 6) is 1.46. The second kappa shape index (κ2) is 7.07. The molecule has 2 N–H and O–H groups in total. The van der Waals surface area contributed by atoms with Gasteiger partial charge in [-0.05, 0) is 48.8 Å². The molecule has 0 spiro atoms. The third-order valence-electron chi connectivity index (χ3n) is 5.10. The fourth-order valence-electron chi connectivity index (χ4n) is 3.94. The molecule has 2 aliphatic rings. The van der Waals surface area contributed by atoms with Crippen molar-refractivity contribution in [2.45, 2.75) is 31.4 Å². The number of nitrogens with one attached hydrogen (secondary N) is 2. The number of amides is 1. The van der Waals surface area contributed by atoms with Crippen molar-refractivity contribution in [2.24, 2.45) is 17.8 Å². The minimum absolute atomic E-state index is 0.0819. The van der Waals surface area contributed by atoms with Crippen LogP contribution in [0.4, 0.5) is 5.69 Å². The summed E-state index contributed by atoms with van der Waals surface area (Å²) >= 11 is 0. The van der Waals surface area contributed by atoms with Crippen molar-refractivity contribution in [3.8, 4) is 0 Å². The lowest BCUT2D eigenvalue weighted by Gasteiger charge is -2.20. The van der Waals surface area contributed by atoms with Crippen molar-refractivity contribution in [3.05, 3.63) is 42.5 Å². The Balaban J connectivity index is 1.56. The van der Waals surface area contributed by atoms with Crippen LogP contribution in [0.15, 0.2) is 36.9 Å². The number of anilines is 1. The van der Waals surface area contributed by atoms with Crippen LogP contribution in [0, 0.1) is 17.8 Å². The molecule has 1 amide bonds. The van der Waals surface area contributed by atoms with E-state index in [2.05, 4.69) is 16.6 Å². The van der Waals surface area contributed by atoms with Crippen LogP contribution in [-0.4, -0.2) is 20.9 Å². The normalized spacial score (nSPS) is 25.6. The van der Waals surface area contributed by atoms with Gasteiger partial charge < -0.3 is 5.32 Å². The van der Waals surface area contributed by atoms with Gasteiger partial charge in [0.15, 0.2) is 0 Å². The number of hydrogen-bond donors (Lipinski definition) is 2. The van der Waals surface area contributed by atoms with Gasteiger partial charge in [0.2, 0.25) is 15.9 Å². The first kappa shape index (κ1) is 17.2. The molecule has 130 valence electrons. The number of sulfonamides is 1. The second-order valence-corrected chi connectivity index (χ2v) is 8.67. The van der Waals surface area contributed by atoms with Crippen LogP contribution < -0.4 is 10.0 Å². The summed E-state index contributed by atoms with van der Waals surface area (Å²) in [6.45, 7) is 3.71. The average molecular weight is 348 g/mol. The molecule has 0 aliphatic heterocycles. The van der Waals surface area contributed by atoms with E-state index >= 15 is 0 Å². The highest BCUT2D eigenvalue weighted by atomic mass is 32.2. The molecule has 5 nitrogen and oxygen atoms in total. The first-order valence-corrected chi connectivity index (χ1v) is 10.1. The van der Waals surface area contributed by atoms with Crippen LogP contribution in [0.1, 0.15) is 31.2 Å². The molecule has 2 fully saturated rings. The SMILES string of the molecule is C=CCNS(=O)(=O)Cc1ccc(NC(=O)C2CC3CCC2C3)cc1. The molecule has 2 aliphatic carbocycles. The molecule has 1 aromatic rings. The molecule has 2 bridgehead atoms. The van der Waals surface area contributed by atoms with Gasteiger partial charge in [0, 0.05) is 18.2 Å². The van der Waals surface area contributed by atoms with Crippen molar-refractivity contribution in [1.29, 1.82) is 0 Å². The Morgan fingerprint density at radius 1 is 1.21 bits per heavy atom. The predicted octanol–water partition coefficient (Wildman–Crippen LogP) is 2.67. The maximum absolute atomic E-state index is 12.4. The Labute approximate surface area is 143 Å². The molecular weight excluding hydrogens is 324 g/mol. The van der Waals surface area contributed by atoms with Crippen molar-refractivity contribution < 1.29 is 13.2 Å². The standard InChI is InChI=1S/C18H24N2O3S/c1-2-9-19-24(22,23)12-13-4-7-16(8-5-13)20-18(21)17-11-14-3-6-15(17)10-14/h2,4-5,7-8,14-15,17,19H,1,3,6,9-12H2,(H,20,21). The van der Waals surface area contributed by atoms with Crippen LogP contribution in [0.5, 0.6) is 0 Å². The van der Waals surface area contributed by atoms with Gasteiger partial charge >= 0.3 is 0 Å². The smallest absolute Gasteiger partial charge is 0.227 e. The molecule has 0 radical (unpaired) electrons. The fourth-order valence-corrected chi connectivity index (χ4v) is 5.05. The molecule has 0 heterocycles. The quantitative estimate of drug-likeness (QED) is 0.744. The lowest BCUT2D eigenvalue weighted by atomic mass is 9.88. The predicted molar refractivity (Wildman–Crippen MR) is 94.8 cm³/mol. The molecule has 6 heteroatoms. The summed E-state index contributed by atoms with van der Waals surface area (Å²) in [4.78, 5) is 12.4. The van der Waals surface area contributed by atoms with Crippen molar-refractivity contribution in [3.63, 3.8) is 0 Å². The van der Waals surface area contributed by atoms with Crippen LogP contribution in [0.2, 0.25) is 0 Å². The van der Waals surface area contributed by atoms with Crippen molar-refractivity contribution >= 4 is 21.6 Å². The molecule has 1 aromatic carbocycles. The van der Waals surface area contributed by atoms with Gasteiger partial charge in [0.05, 0.1) is 5.75 Å². The molecule has 3 unspecified atom stereocenters. The topological polar surface area (TPSA) is 75.3 Å². The van der Waals surface area contributed by atoms with Crippen LogP contribution in [0.25, 0.3) is 0 Å². The van der Waals surface area contributed by atoms with E-state index in [9.17, 15) is 13.2 Å². The Hall–Kier alpha value is -1.66. The summed E-state index contributed by atoms with van der Waals surface area (Å²) < 4.78 is 26.1. The summed E-state index contributed by atoms with van der Waals surface area (Å²) in [5, 5.41) is 2.98. The number of rotatable bonds is 7. The largest absolute Gasteiger partial charge is 0.326 e. The maximum atomic E-state index is 12.4. The zero-order chi connectivity index (χ0) is 17.2. The molecule has 3 rings (SSSR count). The molecule has 3 atom stereocenters. The number of carbonyl (C=O) groups excluding carboxylic acids is 1. The van der Waals surface area contributed by atoms with E-state index < -0.39 is 10.0 Å². The third-order valence-corrected chi connectivity index (χ3v) is 6.42. The molecule has 0 saturated heterocycles. The fraction of sp³-hybridized carbons (Fsp3) is 0.500. The summed E-state index contributed by atoms with van der Waals surface area (Å²) in [6, 6.07) is 7.01. The van der Waals surface area contributed by atoms with E-state index in [1.807, 2.05) is 0 Å². The first-order valence-electron chi connectivity index (χ1n) is 8.45. The zero-order valence-electron chi connectivity index (χ0n) is 13.7. The molecule has 2 saturated carbocycles. The van der Waals surface area contributed by atoms with Crippen LogP contribution in [-0.2, 0) is 20.6 Å². The van der Waals surface area contributed by atoms with E-state index in [1.54, 1.807) is 24.3 Å². The third kappa shape index (κ3) is 4.05. The average Bonchev–Trinajstić information content (AvgIpc) is 3.18. The second-order valence-electron chi connectivity index (χ2n) is 6.86. The van der Waals surface area contributed by atoms with Crippen LogP contribution in [0.3, 0.4) is 0 Å². The minimum atomic E-state index is -3.36. The van der Waals surface area contributed by atoms with Crippen molar-refractivity contribution in [2.75, 3.05) is 11.9 Å². The Kier molecular flexibility index (Phi) is 5.06. The van der Waals surface area contributed by atoms with Gasteiger partial charge in [-0.15, -0.1) is 6.58 Å². The lowest BCUT2D eigenvalue weighted by Crippen LogP contribution is -2.27. The highest BCUT2D eigenvalue weighted by Crippen LogP contribution is 2.48. The zero-order valence-corrected chi connectivity index (χ0v) is 14.5. The van der Waals surface area contributed by atoms with Gasteiger partial charge in [-0.3, -0.25) is 4.79 Å². The number of benzene rings is 1. The lowest BCUT2D eigenvalue weighted by molar-refractivity contribution is -0.121. The van der Waals surface area contributed by atoms with E-state index in [0.29, 0.717) is 11.5 Å². The number of carbonyl (C=O) groups is 1. The molecule has 0 aromatic heterocycles. The first-order chi connectivity index (χ1) is 11.5. The number of hydrogen-bond acceptors (Lipinski definition) is 3. The Morgan fingerprint density at radius 3 is 2.54 bits per heavy atom. The number of fused-ring (bicyclic) bond motifs is 2. The van der Waals surface area contributed by atoms with Gasteiger partial charge in [-0.25, -0.2) is 13.1 Å². The van der Waals surface area contributed by atoms with Gasteiger partial charge in [0.25, 0.3) is 0 Å². The van der Waals surface area contributed by atoms with Gasteiger partial charge in [0.1, 0.15) is 0 Å². The van der Waals surface area contributed by atoms with E-state index in [1.165, 1.54) is 25.3 Å². The molecule has 24 heavy (non-hydrogen) atoms. The van der Waals surface area contributed by atoms with E-state index in [-0.39, 0.29) is 24.1 Å². The Morgan fingerprint density at radius 2 is 1.96 bits per heavy atom. The monoisotopic (exact) mass is 348 g/mol. The molecular formula is C18H24N2O3S. The van der Waals surface area contributed by atoms with Gasteiger partial charge in [-0.1, -0.05) is 24.6 Å². The minimum Gasteiger partial charge on any atom is -0.326 e. The van der Waals surface area contributed by atoms with Crippen LogP contribution >= 0.6 is 0 Å². The highest BCUT2D eigenvalue weighted by molar-refractivity contribution is 7.88. The van der Waals surface area contributed by atoms with E-state index in [0.717, 1.165) is 18.0 Å². The van der Waals surface area contributed by atoms with E-state index in [4.69, 9.17) is 0 Å². The highest BCUT2D eigenvalue weighted by Gasteiger charge is 2.42.